The molecule has 2 bridgehead atoms. The van der Waals surface area contributed by atoms with Gasteiger partial charge in [0, 0.05) is 17.9 Å². The molecule has 3 rings (SSSR count). The van der Waals surface area contributed by atoms with Crippen molar-refractivity contribution in [1.29, 1.82) is 0 Å². The quantitative estimate of drug-likeness (QED) is 0.666. The van der Waals surface area contributed by atoms with E-state index in [9.17, 15) is 9.59 Å². The summed E-state index contributed by atoms with van der Waals surface area (Å²) in [5.41, 5.74) is -0.163. The first-order valence-corrected chi connectivity index (χ1v) is 5.12. The van der Waals surface area contributed by atoms with Gasteiger partial charge in [-0.2, -0.15) is 0 Å². The molecule has 0 spiro atoms. The third-order valence-corrected chi connectivity index (χ3v) is 3.45. The van der Waals surface area contributed by atoms with Gasteiger partial charge in [0.1, 0.15) is 5.78 Å². The molecule has 0 saturated carbocycles. The van der Waals surface area contributed by atoms with Crippen molar-refractivity contribution in [1.82, 2.24) is 4.90 Å². The maximum Gasteiger partial charge on any atom is 0.407 e. The third kappa shape index (κ3) is 1.54. The van der Waals surface area contributed by atoms with Gasteiger partial charge in [-0.3, -0.25) is 4.79 Å². The summed E-state index contributed by atoms with van der Waals surface area (Å²) in [5, 5.41) is 9.06. The smallest absolute Gasteiger partial charge is 0.407 e. The summed E-state index contributed by atoms with van der Waals surface area (Å²) in [7, 11) is 0. The summed E-state index contributed by atoms with van der Waals surface area (Å²) in [6.07, 6.45) is 3.76. The summed E-state index contributed by atoms with van der Waals surface area (Å²) in [6.45, 7) is 4.06. The van der Waals surface area contributed by atoms with E-state index in [4.69, 9.17) is 5.11 Å². The van der Waals surface area contributed by atoms with Crippen LogP contribution in [0, 0.1) is 11.3 Å². The Hall–Kier alpha value is -1.32. The Morgan fingerprint density at radius 2 is 2.20 bits per heavy atom. The number of nitrogens with zero attached hydrogens (tertiary/aromatic N) is 1. The lowest BCUT2D eigenvalue weighted by atomic mass is 9.67. The number of Topliss-reactive ketones (excluding diaryl/α,β-unsaturated/α-hetero) is 1. The maximum absolute atomic E-state index is 11.4. The number of ketones is 1. The number of rotatable bonds is 1. The van der Waals surface area contributed by atoms with Gasteiger partial charge in [0.15, 0.2) is 0 Å². The fourth-order valence-electron chi connectivity index (χ4n) is 2.67. The lowest BCUT2D eigenvalue weighted by Gasteiger charge is -2.49. The highest BCUT2D eigenvalue weighted by Gasteiger charge is 2.47. The fourth-order valence-corrected chi connectivity index (χ4v) is 2.67. The van der Waals surface area contributed by atoms with E-state index in [0.717, 1.165) is 6.42 Å². The average molecular weight is 209 g/mol. The van der Waals surface area contributed by atoms with Crippen LogP contribution in [0.5, 0.6) is 0 Å². The number of carboxylic acid groups (broad SMARTS) is 1. The molecular weight excluding hydrogens is 194 g/mol. The molecule has 3 unspecified atom stereocenters. The lowest BCUT2D eigenvalue weighted by Crippen LogP contribution is -2.57. The van der Waals surface area contributed by atoms with Gasteiger partial charge in [0.05, 0.1) is 6.04 Å². The van der Waals surface area contributed by atoms with Crippen LogP contribution in [-0.2, 0) is 4.79 Å². The SMILES string of the molecule is CC(=O)C1CC2(C)C=CC1N(C(=O)O)C2. The number of carbonyl (C=O) groups excluding carboxylic acids is 1. The van der Waals surface area contributed by atoms with Crippen LogP contribution in [0.3, 0.4) is 0 Å². The van der Waals surface area contributed by atoms with E-state index in [2.05, 4.69) is 6.08 Å². The molecule has 1 saturated heterocycles. The Labute approximate surface area is 88.6 Å². The number of amides is 1. The zero-order valence-electron chi connectivity index (χ0n) is 8.93. The molecule has 0 aromatic carbocycles. The predicted molar refractivity (Wildman–Crippen MR) is 54.6 cm³/mol. The molecule has 2 heterocycles. The van der Waals surface area contributed by atoms with Crippen LogP contribution in [0.4, 0.5) is 4.79 Å². The number of fused-ring (bicyclic) bond motifs is 2. The van der Waals surface area contributed by atoms with Crippen LogP contribution in [0.1, 0.15) is 20.3 Å². The highest BCUT2D eigenvalue weighted by atomic mass is 16.4. The van der Waals surface area contributed by atoms with Gasteiger partial charge < -0.3 is 10.0 Å². The predicted octanol–water partition coefficient (Wildman–Crippen LogP) is 1.52. The highest BCUT2D eigenvalue weighted by Crippen LogP contribution is 2.43. The first kappa shape index (κ1) is 10.2. The maximum atomic E-state index is 11.4. The second kappa shape index (κ2) is 3.08. The van der Waals surface area contributed by atoms with Gasteiger partial charge in [-0.15, -0.1) is 0 Å². The molecule has 1 fully saturated rings. The molecule has 0 radical (unpaired) electrons. The van der Waals surface area contributed by atoms with Crippen molar-refractivity contribution in [3.05, 3.63) is 12.2 Å². The van der Waals surface area contributed by atoms with E-state index in [1.165, 1.54) is 4.90 Å². The Morgan fingerprint density at radius 1 is 1.53 bits per heavy atom. The van der Waals surface area contributed by atoms with Crippen molar-refractivity contribution in [3.8, 4) is 0 Å². The van der Waals surface area contributed by atoms with Crippen molar-refractivity contribution in [2.75, 3.05) is 6.54 Å². The van der Waals surface area contributed by atoms with E-state index < -0.39 is 6.09 Å². The number of hydrogen-bond acceptors (Lipinski definition) is 2. The minimum absolute atomic E-state index is 0.0847. The zero-order valence-corrected chi connectivity index (χ0v) is 8.93. The van der Waals surface area contributed by atoms with Gasteiger partial charge in [0.2, 0.25) is 0 Å². The van der Waals surface area contributed by atoms with Gasteiger partial charge >= 0.3 is 6.09 Å². The second-order valence-corrected chi connectivity index (χ2v) is 4.84. The summed E-state index contributed by atoms with van der Waals surface area (Å²) in [6, 6.07) is -0.248. The highest BCUT2D eigenvalue weighted by molar-refractivity contribution is 5.81. The van der Waals surface area contributed by atoms with Crippen LogP contribution < -0.4 is 0 Å². The van der Waals surface area contributed by atoms with E-state index in [0.29, 0.717) is 6.54 Å². The molecule has 1 N–H and O–H groups in total. The normalized spacial score (nSPS) is 38.1. The van der Waals surface area contributed by atoms with Gasteiger partial charge in [-0.25, -0.2) is 4.79 Å². The number of piperidine rings is 1. The zero-order chi connectivity index (χ0) is 11.2. The molecule has 15 heavy (non-hydrogen) atoms. The van der Waals surface area contributed by atoms with Gasteiger partial charge in [-0.05, 0) is 13.3 Å². The molecule has 4 heteroatoms. The molecule has 0 aromatic heterocycles. The van der Waals surface area contributed by atoms with Gasteiger partial charge in [-0.1, -0.05) is 19.1 Å². The minimum atomic E-state index is -0.929. The van der Waals surface area contributed by atoms with E-state index in [-0.39, 0.29) is 23.2 Å². The van der Waals surface area contributed by atoms with Crippen molar-refractivity contribution in [2.45, 2.75) is 26.3 Å². The molecular formula is C11H15NO3. The van der Waals surface area contributed by atoms with Crippen molar-refractivity contribution in [3.63, 3.8) is 0 Å². The van der Waals surface area contributed by atoms with Crippen LogP contribution in [0.15, 0.2) is 12.2 Å². The summed E-state index contributed by atoms with van der Waals surface area (Å²) < 4.78 is 0. The van der Waals surface area contributed by atoms with E-state index >= 15 is 0 Å². The van der Waals surface area contributed by atoms with Crippen LogP contribution in [0.25, 0.3) is 0 Å². The van der Waals surface area contributed by atoms with Crippen molar-refractivity contribution >= 4 is 11.9 Å². The van der Waals surface area contributed by atoms with Crippen LogP contribution in [0.2, 0.25) is 0 Å². The summed E-state index contributed by atoms with van der Waals surface area (Å²) in [4.78, 5) is 23.9. The van der Waals surface area contributed by atoms with Crippen LogP contribution in [-0.4, -0.2) is 34.5 Å². The Bertz CT molecular complexity index is 324. The average Bonchev–Trinajstić information content (AvgIpc) is 2.16. The molecule has 1 amide bonds. The Kier molecular flexibility index (Phi) is 2.10. The second-order valence-electron chi connectivity index (χ2n) is 4.84. The first-order valence-electron chi connectivity index (χ1n) is 5.12. The summed E-state index contributed by atoms with van der Waals surface area (Å²) in [5.74, 6) is -0.0774. The molecule has 4 nitrogen and oxygen atoms in total. The van der Waals surface area contributed by atoms with Crippen molar-refractivity contribution < 1.29 is 14.7 Å². The summed E-state index contributed by atoms with van der Waals surface area (Å²) >= 11 is 0. The third-order valence-electron chi connectivity index (χ3n) is 3.45. The minimum Gasteiger partial charge on any atom is -0.465 e. The fraction of sp³-hybridized carbons (Fsp3) is 0.636. The van der Waals surface area contributed by atoms with E-state index in [1.54, 1.807) is 6.92 Å². The van der Waals surface area contributed by atoms with Crippen molar-refractivity contribution in [2.24, 2.45) is 11.3 Å². The lowest BCUT2D eigenvalue weighted by molar-refractivity contribution is -0.125. The topological polar surface area (TPSA) is 57.6 Å². The molecule has 82 valence electrons. The van der Waals surface area contributed by atoms with E-state index in [1.807, 2.05) is 13.0 Å². The number of carbonyl (C=O) groups is 2. The van der Waals surface area contributed by atoms with Crippen LogP contribution >= 0.6 is 0 Å². The van der Waals surface area contributed by atoms with Gasteiger partial charge in [0.25, 0.3) is 0 Å². The standard InChI is InChI=1S/C11H15NO3/c1-7(13)8-5-11(2)4-3-9(8)12(6-11)10(14)15/h3-4,8-9H,5-6H2,1-2H3,(H,14,15). The monoisotopic (exact) mass is 209 g/mol. The Morgan fingerprint density at radius 3 is 2.67 bits per heavy atom. The molecule has 2 aliphatic heterocycles. The molecule has 3 atom stereocenters. The first-order chi connectivity index (χ1) is 6.93. The number of hydrogen-bond donors (Lipinski definition) is 1. The molecule has 1 aliphatic carbocycles. The largest absolute Gasteiger partial charge is 0.465 e. The molecule has 0 aromatic rings. The Balaban J connectivity index is 2.34. The molecule has 3 aliphatic rings.